The minimum atomic E-state index is 0.829. The molecule has 0 spiro atoms. The quantitative estimate of drug-likeness (QED) is 0.565. The van der Waals surface area contributed by atoms with E-state index in [2.05, 4.69) is 64.6 Å². The third-order valence-corrected chi connectivity index (χ3v) is 6.07. The van der Waals surface area contributed by atoms with Crippen molar-refractivity contribution in [1.29, 1.82) is 0 Å². The highest BCUT2D eigenvalue weighted by atomic mass is 32.2. The molecule has 1 saturated heterocycles. The molecule has 1 aromatic heterocycles. The number of hydrogen-bond acceptors (Lipinski definition) is 7. The van der Waals surface area contributed by atoms with Crippen LogP contribution in [0.1, 0.15) is 18.7 Å². The molecule has 0 radical (unpaired) electrons. The average molecular weight is 417 g/mol. The van der Waals surface area contributed by atoms with E-state index < -0.39 is 0 Å². The second-order valence-corrected chi connectivity index (χ2v) is 9.04. The maximum Gasteiger partial charge on any atom is 0.145 e. The molecule has 0 bridgehead atoms. The largest absolute Gasteiger partial charge is 0.369 e. The van der Waals surface area contributed by atoms with Crippen LogP contribution in [0.15, 0.2) is 24.3 Å². The van der Waals surface area contributed by atoms with Gasteiger partial charge in [-0.3, -0.25) is 4.90 Å². The molecule has 1 N–H and O–H groups in total. The van der Waals surface area contributed by atoms with Crippen LogP contribution in [0.2, 0.25) is 0 Å². The van der Waals surface area contributed by atoms with Gasteiger partial charge in [-0.05, 0) is 64.2 Å². The monoisotopic (exact) mass is 416 g/mol. The Labute approximate surface area is 180 Å². The second kappa shape index (κ2) is 11.7. The van der Waals surface area contributed by atoms with Gasteiger partial charge in [0.2, 0.25) is 0 Å². The molecule has 2 heterocycles. The lowest BCUT2D eigenvalue weighted by Gasteiger charge is -2.34. The van der Waals surface area contributed by atoms with Crippen LogP contribution in [0.25, 0.3) is 10.9 Å². The Kier molecular flexibility index (Phi) is 8.98. The number of piperazine rings is 1. The number of para-hydroxylation sites is 1. The summed E-state index contributed by atoms with van der Waals surface area (Å²) < 4.78 is 0. The van der Waals surface area contributed by atoms with E-state index >= 15 is 0 Å². The Bertz CT molecular complexity index is 745. The van der Waals surface area contributed by atoms with Gasteiger partial charge in [-0.1, -0.05) is 12.1 Å². The Morgan fingerprint density at radius 3 is 2.55 bits per heavy atom. The fraction of sp³-hybridized carbons (Fsp3) is 0.636. The van der Waals surface area contributed by atoms with Gasteiger partial charge in [0, 0.05) is 38.1 Å². The molecule has 1 aromatic carbocycles. The molecular weight excluding hydrogens is 380 g/mol. The Balaban J connectivity index is 1.59. The maximum absolute atomic E-state index is 4.90. The van der Waals surface area contributed by atoms with Crippen molar-refractivity contribution in [3.63, 3.8) is 0 Å². The van der Waals surface area contributed by atoms with Crippen molar-refractivity contribution in [2.75, 3.05) is 77.2 Å². The molecule has 6 nitrogen and oxygen atoms in total. The fourth-order valence-corrected chi connectivity index (χ4v) is 4.15. The molecule has 160 valence electrons. The number of benzene rings is 1. The number of nitrogens with one attached hydrogen (secondary N) is 1. The summed E-state index contributed by atoms with van der Waals surface area (Å²) in [5.41, 5.74) is 1.03. The summed E-state index contributed by atoms with van der Waals surface area (Å²) >= 11 is 1.94. The zero-order valence-corrected chi connectivity index (χ0v) is 19.0. The maximum atomic E-state index is 4.90. The third kappa shape index (κ3) is 7.10. The van der Waals surface area contributed by atoms with Crippen LogP contribution in [0, 0.1) is 0 Å². The lowest BCUT2D eigenvalue weighted by Crippen LogP contribution is -2.46. The van der Waals surface area contributed by atoms with Gasteiger partial charge in [0.1, 0.15) is 11.6 Å². The van der Waals surface area contributed by atoms with Gasteiger partial charge in [0.05, 0.1) is 12.1 Å². The topological polar surface area (TPSA) is 47.5 Å². The number of hydrogen-bond donors (Lipinski definition) is 1. The highest BCUT2D eigenvalue weighted by molar-refractivity contribution is 7.98. The molecule has 0 unspecified atom stereocenters. The summed E-state index contributed by atoms with van der Waals surface area (Å²) in [6, 6.07) is 8.32. The van der Waals surface area contributed by atoms with Crippen molar-refractivity contribution in [2.24, 2.45) is 0 Å². The summed E-state index contributed by atoms with van der Waals surface area (Å²) in [7, 11) is 4.22. The number of rotatable bonds is 11. The normalized spacial score (nSPS) is 16.0. The smallest absolute Gasteiger partial charge is 0.145 e. The molecule has 2 aromatic rings. The Morgan fingerprint density at radius 2 is 1.79 bits per heavy atom. The summed E-state index contributed by atoms with van der Waals surface area (Å²) in [6.07, 6.45) is 4.57. The summed E-state index contributed by atoms with van der Waals surface area (Å²) in [4.78, 5) is 17.0. The van der Waals surface area contributed by atoms with Crippen LogP contribution in [-0.2, 0) is 6.54 Å². The van der Waals surface area contributed by atoms with Gasteiger partial charge in [0.25, 0.3) is 0 Å². The highest BCUT2D eigenvalue weighted by Gasteiger charge is 2.18. The zero-order valence-electron chi connectivity index (χ0n) is 18.2. The first kappa shape index (κ1) is 22.3. The van der Waals surface area contributed by atoms with Crippen molar-refractivity contribution in [3.05, 3.63) is 30.1 Å². The first-order valence-corrected chi connectivity index (χ1v) is 12.1. The molecule has 0 saturated carbocycles. The molecule has 7 heteroatoms. The number of nitrogens with zero attached hydrogens (tertiary/aromatic N) is 5. The first-order chi connectivity index (χ1) is 14.2. The summed E-state index contributed by atoms with van der Waals surface area (Å²) in [5, 5.41) is 4.66. The SMILES string of the molecule is CSCCCN1CCN(Cc2nc(NCCCN(C)C)c3ccccc3n2)CC1. The van der Waals surface area contributed by atoms with E-state index in [9.17, 15) is 0 Å². The van der Waals surface area contributed by atoms with E-state index in [0.29, 0.717) is 0 Å². The van der Waals surface area contributed by atoms with Gasteiger partial charge in [-0.2, -0.15) is 11.8 Å². The minimum absolute atomic E-state index is 0.829. The fourth-order valence-electron chi connectivity index (χ4n) is 3.74. The van der Waals surface area contributed by atoms with Crippen LogP contribution >= 0.6 is 11.8 Å². The lowest BCUT2D eigenvalue weighted by molar-refractivity contribution is 0.125. The number of aromatic nitrogens is 2. The van der Waals surface area contributed by atoms with Crippen molar-refractivity contribution in [2.45, 2.75) is 19.4 Å². The van der Waals surface area contributed by atoms with Gasteiger partial charge >= 0.3 is 0 Å². The van der Waals surface area contributed by atoms with Gasteiger partial charge in [-0.15, -0.1) is 0 Å². The molecule has 1 aliphatic heterocycles. The third-order valence-electron chi connectivity index (χ3n) is 5.38. The molecule has 1 fully saturated rings. The molecular formula is C22H36N6S. The Hall–Kier alpha value is -1.41. The van der Waals surface area contributed by atoms with Crippen LogP contribution in [0.3, 0.4) is 0 Å². The summed E-state index contributed by atoms with van der Waals surface area (Å²) in [5.74, 6) is 3.16. The standard InChI is InChI=1S/C22H36N6S/c1-26(2)11-6-10-23-22-19-8-4-5-9-20(19)24-21(25-22)18-28-15-13-27(14-16-28)12-7-17-29-3/h4-5,8-9H,6-7,10-18H2,1-3H3,(H,23,24,25). The minimum Gasteiger partial charge on any atom is -0.369 e. The van der Waals surface area contributed by atoms with E-state index in [-0.39, 0.29) is 0 Å². The molecule has 29 heavy (non-hydrogen) atoms. The predicted molar refractivity (Wildman–Crippen MR) is 126 cm³/mol. The molecule has 0 atom stereocenters. The van der Waals surface area contributed by atoms with E-state index in [4.69, 9.17) is 9.97 Å². The van der Waals surface area contributed by atoms with E-state index in [1.807, 2.05) is 11.8 Å². The van der Waals surface area contributed by atoms with Crippen LogP contribution in [0.5, 0.6) is 0 Å². The first-order valence-electron chi connectivity index (χ1n) is 10.7. The van der Waals surface area contributed by atoms with Crippen molar-refractivity contribution >= 4 is 28.5 Å². The molecule has 0 amide bonds. The van der Waals surface area contributed by atoms with E-state index in [0.717, 1.165) is 74.8 Å². The lowest BCUT2D eigenvalue weighted by atomic mass is 10.2. The number of anilines is 1. The van der Waals surface area contributed by atoms with Crippen molar-refractivity contribution in [1.82, 2.24) is 24.7 Å². The Morgan fingerprint density at radius 1 is 1.03 bits per heavy atom. The zero-order chi connectivity index (χ0) is 20.5. The predicted octanol–water partition coefficient (Wildman–Crippen LogP) is 2.86. The van der Waals surface area contributed by atoms with Crippen molar-refractivity contribution in [3.8, 4) is 0 Å². The molecule has 1 aliphatic rings. The average Bonchev–Trinajstić information content (AvgIpc) is 2.72. The molecule has 0 aliphatic carbocycles. The van der Waals surface area contributed by atoms with Crippen LogP contribution in [-0.4, -0.2) is 96.6 Å². The van der Waals surface area contributed by atoms with Gasteiger partial charge in [0.15, 0.2) is 0 Å². The molecule has 3 rings (SSSR count). The number of fused-ring (bicyclic) bond motifs is 1. The van der Waals surface area contributed by atoms with Crippen LogP contribution < -0.4 is 5.32 Å². The highest BCUT2D eigenvalue weighted by Crippen LogP contribution is 2.21. The van der Waals surface area contributed by atoms with Gasteiger partial charge < -0.3 is 15.1 Å². The summed E-state index contributed by atoms with van der Waals surface area (Å²) in [6.45, 7) is 8.55. The van der Waals surface area contributed by atoms with Gasteiger partial charge in [-0.25, -0.2) is 9.97 Å². The van der Waals surface area contributed by atoms with Crippen LogP contribution in [0.4, 0.5) is 5.82 Å². The number of thioether (sulfide) groups is 1. The van der Waals surface area contributed by atoms with E-state index in [1.165, 1.54) is 18.7 Å². The van der Waals surface area contributed by atoms with E-state index in [1.54, 1.807) is 0 Å². The second-order valence-electron chi connectivity index (χ2n) is 8.05. The van der Waals surface area contributed by atoms with Crippen molar-refractivity contribution < 1.29 is 0 Å².